The molecular formula is C18H18O6. The fourth-order valence-electron chi connectivity index (χ4n) is 2.05. The van der Waals surface area contributed by atoms with Gasteiger partial charge in [-0.2, -0.15) is 0 Å². The van der Waals surface area contributed by atoms with Crippen LogP contribution in [0.3, 0.4) is 0 Å². The number of rotatable bonds is 6. The number of carbonyl (C=O) groups is 2. The predicted octanol–water partition coefficient (Wildman–Crippen LogP) is 2.85. The van der Waals surface area contributed by atoms with Crippen LogP contribution in [0, 0.1) is 0 Å². The standard InChI is InChI=1S/C18H18O6/c1-21-14-8-9-15(16(10-14)22-2)18(20)24-11-12-4-6-13(7-5-12)17(19)23-3/h4-10H,11H2,1-3H3. The molecule has 0 amide bonds. The van der Waals surface area contributed by atoms with Crippen LogP contribution >= 0.6 is 0 Å². The zero-order valence-electron chi connectivity index (χ0n) is 13.7. The first-order valence-electron chi connectivity index (χ1n) is 7.15. The minimum atomic E-state index is -0.508. The van der Waals surface area contributed by atoms with Gasteiger partial charge in [0.25, 0.3) is 0 Å². The van der Waals surface area contributed by atoms with Gasteiger partial charge in [-0.1, -0.05) is 12.1 Å². The summed E-state index contributed by atoms with van der Waals surface area (Å²) in [6, 6.07) is 11.5. The van der Waals surface area contributed by atoms with Gasteiger partial charge in [0, 0.05) is 6.07 Å². The molecule has 0 aliphatic carbocycles. The van der Waals surface area contributed by atoms with Crippen molar-refractivity contribution in [2.24, 2.45) is 0 Å². The number of hydrogen-bond acceptors (Lipinski definition) is 6. The fourth-order valence-corrected chi connectivity index (χ4v) is 2.05. The van der Waals surface area contributed by atoms with Gasteiger partial charge in [0.15, 0.2) is 0 Å². The first kappa shape index (κ1) is 17.3. The van der Waals surface area contributed by atoms with Crippen molar-refractivity contribution in [3.05, 3.63) is 59.2 Å². The first-order chi connectivity index (χ1) is 11.6. The highest BCUT2D eigenvalue weighted by Crippen LogP contribution is 2.25. The van der Waals surface area contributed by atoms with Gasteiger partial charge in [0.05, 0.1) is 26.9 Å². The number of benzene rings is 2. The molecule has 126 valence electrons. The van der Waals surface area contributed by atoms with Crippen molar-refractivity contribution in [3.63, 3.8) is 0 Å². The van der Waals surface area contributed by atoms with Crippen molar-refractivity contribution in [1.82, 2.24) is 0 Å². The Morgan fingerprint density at radius 2 is 1.58 bits per heavy atom. The zero-order valence-corrected chi connectivity index (χ0v) is 13.7. The SMILES string of the molecule is COC(=O)c1ccc(COC(=O)c2ccc(OC)cc2OC)cc1. The molecule has 2 rings (SSSR count). The molecule has 0 unspecified atom stereocenters. The fraction of sp³-hybridized carbons (Fsp3) is 0.222. The van der Waals surface area contributed by atoms with E-state index in [1.807, 2.05) is 0 Å². The largest absolute Gasteiger partial charge is 0.497 e. The number of hydrogen-bond donors (Lipinski definition) is 0. The Kier molecular flexibility index (Phi) is 5.78. The molecule has 0 aliphatic rings. The van der Waals surface area contributed by atoms with Crippen LogP contribution in [0.1, 0.15) is 26.3 Å². The van der Waals surface area contributed by atoms with E-state index in [4.69, 9.17) is 14.2 Å². The van der Waals surface area contributed by atoms with Crippen molar-refractivity contribution < 1.29 is 28.5 Å². The van der Waals surface area contributed by atoms with E-state index >= 15 is 0 Å². The minimum Gasteiger partial charge on any atom is -0.497 e. The Hall–Kier alpha value is -3.02. The van der Waals surface area contributed by atoms with E-state index < -0.39 is 11.9 Å². The monoisotopic (exact) mass is 330 g/mol. The zero-order chi connectivity index (χ0) is 17.5. The third-order valence-corrected chi connectivity index (χ3v) is 3.37. The lowest BCUT2D eigenvalue weighted by Crippen LogP contribution is -2.08. The maximum absolute atomic E-state index is 12.2. The molecule has 0 bridgehead atoms. The van der Waals surface area contributed by atoms with E-state index in [0.29, 0.717) is 22.6 Å². The summed E-state index contributed by atoms with van der Waals surface area (Å²) in [5, 5.41) is 0. The summed E-state index contributed by atoms with van der Waals surface area (Å²) in [6.07, 6.45) is 0. The van der Waals surface area contributed by atoms with Crippen LogP contribution in [-0.2, 0) is 16.1 Å². The second-order valence-electron chi connectivity index (χ2n) is 4.83. The summed E-state index contributed by atoms with van der Waals surface area (Å²) in [5.41, 5.74) is 1.50. The first-order valence-corrected chi connectivity index (χ1v) is 7.15. The van der Waals surface area contributed by atoms with Crippen LogP contribution in [0.4, 0.5) is 0 Å². The Morgan fingerprint density at radius 3 is 2.17 bits per heavy atom. The normalized spacial score (nSPS) is 9.96. The van der Waals surface area contributed by atoms with Gasteiger partial charge in [0.2, 0.25) is 0 Å². The van der Waals surface area contributed by atoms with E-state index in [2.05, 4.69) is 4.74 Å². The van der Waals surface area contributed by atoms with Crippen molar-refractivity contribution in [2.45, 2.75) is 6.61 Å². The molecule has 0 radical (unpaired) electrons. The Balaban J connectivity index is 2.04. The molecule has 24 heavy (non-hydrogen) atoms. The lowest BCUT2D eigenvalue weighted by Gasteiger charge is -2.10. The Labute approximate surface area is 139 Å². The molecule has 0 atom stereocenters. The number of ether oxygens (including phenoxy) is 4. The van der Waals surface area contributed by atoms with Gasteiger partial charge in [-0.15, -0.1) is 0 Å². The summed E-state index contributed by atoms with van der Waals surface area (Å²) in [4.78, 5) is 23.6. The van der Waals surface area contributed by atoms with Gasteiger partial charge in [0.1, 0.15) is 23.7 Å². The van der Waals surface area contributed by atoms with Crippen LogP contribution in [0.15, 0.2) is 42.5 Å². The molecule has 0 aromatic heterocycles. The van der Waals surface area contributed by atoms with Crippen molar-refractivity contribution >= 4 is 11.9 Å². The molecule has 6 nitrogen and oxygen atoms in total. The summed E-state index contributed by atoms with van der Waals surface area (Å²) < 4.78 is 20.2. The van der Waals surface area contributed by atoms with Gasteiger partial charge in [-0.05, 0) is 29.8 Å². The lowest BCUT2D eigenvalue weighted by atomic mass is 10.1. The Bertz CT molecular complexity index is 721. The highest BCUT2D eigenvalue weighted by Gasteiger charge is 2.15. The quantitative estimate of drug-likeness (QED) is 0.759. The maximum Gasteiger partial charge on any atom is 0.342 e. The van der Waals surface area contributed by atoms with Crippen LogP contribution in [0.5, 0.6) is 11.5 Å². The Morgan fingerprint density at radius 1 is 0.875 bits per heavy atom. The van der Waals surface area contributed by atoms with Crippen LogP contribution in [0.25, 0.3) is 0 Å². The molecule has 0 heterocycles. The van der Waals surface area contributed by atoms with Crippen molar-refractivity contribution in [1.29, 1.82) is 0 Å². The molecule has 2 aromatic carbocycles. The predicted molar refractivity (Wildman–Crippen MR) is 86.4 cm³/mol. The third kappa shape index (κ3) is 4.04. The molecule has 0 fully saturated rings. The second kappa shape index (κ2) is 8.01. The van der Waals surface area contributed by atoms with E-state index in [1.54, 1.807) is 42.5 Å². The average Bonchev–Trinajstić information content (AvgIpc) is 2.65. The highest BCUT2D eigenvalue weighted by atomic mass is 16.5. The summed E-state index contributed by atoms with van der Waals surface area (Å²) in [5.74, 6) is 0.0373. The van der Waals surface area contributed by atoms with Gasteiger partial charge >= 0.3 is 11.9 Å². The van der Waals surface area contributed by atoms with E-state index in [9.17, 15) is 9.59 Å². The molecule has 6 heteroatoms. The maximum atomic E-state index is 12.2. The summed E-state index contributed by atoms with van der Waals surface area (Å²) in [6.45, 7) is 0.0788. The van der Waals surface area contributed by atoms with E-state index in [0.717, 1.165) is 5.56 Å². The lowest BCUT2D eigenvalue weighted by molar-refractivity contribution is 0.0467. The molecule has 0 saturated heterocycles. The van der Waals surface area contributed by atoms with Crippen molar-refractivity contribution in [2.75, 3.05) is 21.3 Å². The van der Waals surface area contributed by atoms with Gasteiger partial charge in [-0.25, -0.2) is 9.59 Å². The number of esters is 2. The minimum absolute atomic E-state index is 0.0788. The van der Waals surface area contributed by atoms with Gasteiger partial charge in [-0.3, -0.25) is 0 Å². The number of methoxy groups -OCH3 is 3. The van der Waals surface area contributed by atoms with Crippen LogP contribution < -0.4 is 9.47 Å². The molecule has 0 saturated carbocycles. The molecule has 0 N–H and O–H groups in total. The van der Waals surface area contributed by atoms with Gasteiger partial charge < -0.3 is 18.9 Å². The topological polar surface area (TPSA) is 71.1 Å². The highest BCUT2D eigenvalue weighted by molar-refractivity contribution is 5.93. The van der Waals surface area contributed by atoms with Crippen molar-refractivity contribution in [3.8, 4) is 11.5 Å². The smallest absolute Gasteiger partial charge is 0.342 e. The second-order valence-corrected chi connectivity index (χ2v) is 4.83. The molecule has 0 spiro atoms. The summed E-state index contributed by atoms with van der Waals surface area (Å²) >= 11 is 0. The molecular weight excluding hydrogens is 312 g/mol. The van der Waals surface area contributed by atoms with E-state index in [-0.39, 0.29) is 6.61 Å². The molecule has 0 aliphatic heterocycles. The van der Waals surface area contributed by atoms with E-state index in [1.165, 1.54) is 21.3 Å². The third-order valence-electron chi connectivity index (χ3n) is 3.37. The van der Waals surface area contributed by atoms with Crippen LogP contribution in [0.2, 0.25) is 0 Å². The van der Waals surface area contributed by atoms with Crippen LogP contribution in [-0.4, -0.2) is 33.3 Å². The summed E-state index contributed by atoms with van der Waals surface area (Å²) in [7, 11) is 4.32. The molecule has 2 aromatic rings. The average molecular weight is 330 g/mol. The number of carbonyl (C=O) groups excluding carboxylic acids is 2.